The van der Waals surface area contributed by atoms with Crippen molar-refractivity contribution in [2.45, 2.75) is 152 Å². The van der Waals surface area contributed by atoms with Gasteiger partial charge in [-0.15, -0.1) is 18.3 Å². The highest BCUT2D eigenvalue weighted by atomic mass is 32.2. The number of amides is 1. The number of aliphatic hydroxyl groups is 2. The molecule has 77 heavy (non-hydrogen) atoms. The maximum Gasteiger partial charge on any atom is 0.269 e. The Morgan fingerprint density at radius 1 is 0.857 bits per heavy atom. The molecule has 15 heteroatoms. The molecule has 2 aliphatic carbocycles. The number of benzene rings is 4. The Morgan fingerprint density at radius 3 is 2.31 bits per heavy atom. The second kappa shape index (κ2) is 29.2. The van der Waals surface area contributed by atoms with Crippen molar-refractivity contribution < 1.29 is 48.5 Å². The van der Waals surface area contributed by atoms with Crippen LogP contribution in [0.15, 0.2) is 125 Å². The van der Waals surface area contributed by atoms with Crippen molar-refractivity contribution in [3.05, 3.63) is 142 Å². The molecule has 0 spiro atoms. The van der Waals surface area contributed by atoms with Gasteiger partial charge in [0.2, 0.25) is 18.5 Å². The summed E-state index contributed by atoms with van der Waals surface area (Å²) in [6, 6.07) is 27.7. The fraction of sp³-hybridized carbons (Fsp3) is 0.516. The summed E-state index contributed by atoms with van der Waals surface area (Å²) >= 11 is 1.74. The Balaban J connectivity index is 1.24. The van der Waals surface area contributed by atoms with Gasteiger partial charge in [-0.2, -0.15) is 0 Å². The Kier molecular flexibility index (Phi) is 21.7. The molecule has 1 fully saturated rings. The first kappa shape index (κ1) is 57.3. The van der Waals surface area contributed by atoms with Crippen LogP contribution in [0.2, 0.25) is 0 Å². The molecule has 0 bridgehead atoms. The second-order valence-electron chi connectivity index (χ2n) is 20.8. The van der Waals surface area contributed by atoms with Crippen molar-refractivity contribution >= 4 is 29.1 Å². The number of unbranched alkanes of at least 4 members (excludes halogenated alkanes) is 10. The minimum atomic E-state index is -1.46. The number of rotatable bonds is 33. The van der Waals surface area contributed by atoms with Crippen molar-refractivity contribution in [2.24, 2.45) is 22.9 Å². The number of ether oxygens (including phenoxy) is 5. The summed E-state index contributed by atoms with van der Waals surface area (Å²) in [7, 11) is 0. The van der Waals surface area contributed by atoms with E-state index in [9.17, 15) is 20.3 Å². The number of non-ortho nitro benzene ring substituents is 1. The first-order valence-corrected chi connectivity index (χ1v) is 29.2. The molecule has 2 heterocycles. The van der Waals surface area contributed by atoms with E-state index in [1.807, 2.05) is 53.4 Å². The summed E-state index contributed by atoms with van der Waals surface area (Å²) in [4.78, 5) is 36.0. The number of thioether (sulfide) groups is 1. The molecule has 4 aromatic rings. The summed E-state index contributed by atoms with van der Waals surface area (Å²) in [5.41, 5.74) is 4.10. The molecule has 6 atom stereocenters. The second-order valence-corrected chi connectivity index (χ2v) is 21.9. The summed E-state index contributed by atoms with van der Waals surface area (Å²) in [6.45, 7) is 7.52. The molecule has 0 radical (unpaired) electrons. The molecule has 414 valence electrons. The molecule has 6 unspecified atom stereocenters. The highest BCUT2D eigenvalue weighted by Crippen LogP contribution is 2.62. The SMILES string of the molecule is C=CCOC12Oc3ccc(OCCSc4ccccc4)cc3C3C(CCCCO)C(CCCCO)C=C(C(=NOCc4ccc([N+](=O)[O-])cc4)CC1N(Cc1ccc4c(c1)OCO4)C(=O)CCCCCCCCCCC)C32. The van der Waals surface area contributed by atoms with Gasteiger partial charge in [0, 0.05) is 66.9 Å². The van der Waals surface area contributed by atoms with Crippen molar-refractivity contribution in [3.8, 4) is 23.0 Å². The van der Waals surface area contributed by atoms with Crippen LogP contribution >= 0.6 is 11.8 Å². The minimum absolute atomic E-state index is 0.0166. The van der Waals surface area contributed by atoms with Gasteiger partial charge >= 0.3 is 0 Å². The van der Waals surface area contributed by atoms with Crippen LogP contribution < -0.4 is 18.9 Å². The average Bonchev–Trinajstić information content (AvgIpc) is 4.08. The van der Waals surface area contributed by atoms with Gasteiger partial charge in [-0.3, -0.25) is 14.9 Å². The van der Waals surface area contributed by atoms with E-state index < -0.39 is 22.7 Å². The van der Waals surface area contributed by atoms with Gasteiger partial charge in [-0.05, 0) is 115 Å². The van der Waals surface area contributed by atoms with Crippen molar-refractivity contribution in [1.82, 2.24) is 4.90 Å². The third-order valence-corrected chi connectivity index (χ3v) is 16.5. The molecule has 0 aromatic heterocycles. The Hall–Kier alpha value is -5.87. The molecule has 2 aliphatic heterocycles. The van der Waals surface area contributed by atoms with Gasteiger partial charge in [0.15, 0.2) is 11.5 Å². The molecular weight excluding hydrogens is 995 g/mol. The lowest BCUT2D eigenvalue weighted by Crippen LogP contribution is -2.70. The van der Waals surface area contributed by atoms with Gasteiger partial charge in [-0.1, -0.05) is 113 Å². The third-order valence-electron chi connectivity index (χ3n) is 15.5. The summed E-state index contributed by atoms with van der Waals surface area (Å²) in [5, 5.41) is 36.8. The van der Waals surface area contributed by atoms with Gasteiger partial charge < -0.3 is 43.6 Å². The Morgan fingerprint density at radius 2 is 1.57 bits per heavy atom. The van der Waals surface area contributed by atoms with Crippen LogP contribution in [-0.4, -0.2) is 82.5 Å². The predicted octanol–water partition coefficient (Wildman–Crippen LogP) is 13.3. The van der Waals surface area contributed by atoms with Gasteiger partial charge in [0.05, 0.1) is 29.8 Å². The number of carbonyl (C=O) groups excluding carboxylic acids is 1. The minimum Gasteiger partial charge on any atom is -0.493 e. The van der Waals surface area contributed by atoms with Crippen LogP contribution in [-0.2, 0) is 27.5 Å². The number of nitrogens with zero attached hydrogens (tertiary/aromatic N) is 3. The normalized spacial score (nSPS) is 21.4. The zero-order valence-electron chi connectivity index (χ0n) is 44.9. The molecule has 4 aromatic carbocycles. The summed E-state index contributed by atoms with van der Waals surface area (Å²) < 4.78 is 33.0. The maximum absolute atomic E-state index is 15.5. The van der Waals surface area contributed by atoms with Crippen LogP contribution in [0, 0.1) is 27.9 Å². The smallest absolute Gasteiger partial charge is 0.269 e. The Bertz CT molecular complexity index is 2590. The summed E-state index contributed by atoms with van der Waals surface area (Å²) in [5.74, 6) is 1.18. The number of nitro benzene ring substituents is 1. The fourth-order valence-corrected chi connectivity index (χ4v) is 12.6. The number of fused-ring (bicyclic) bond motifs is 3. The van der Waals surface area contributed by atoms with Crippen molar-refractivity contribution in [3.63, 3.8) is 0 Å². The highest BCUT2D eigenvalue weighted by Gasteiger charge is 2.65. The van der Waals surface area contributed by atoms with E-state index in [1.54, 1.807) is 30.0 Å². The number of hydrogen-bond donors (Lipinski definition) is 2. The number of oxime groups is 1. The lowest BCUT2D eigenvalue weighted by molar-refractivity contribution is -0.384. The molecule has 0 saturated heterocycles. The van der Waals surface area contributed by atoms with Crippen LogP contribution in [0.1, 0.15) is 139 Å². The molecule has 4 aliphatic rings. The van der Waals surface area contributed by atoms with E-state index in [0.717, 1.165) is 79.6 Å². The highest BCUT2D eigenvalue weighted by molar-refractivity contribution is 7.99. The van der Waals surface area contributed by atoms with Crippen molar-refractivity contribution in [2.75, 3.05) is 39.0 Å². The van der Waals surface area contributed by atoms with Crippen LogP contribution in [0.25, 0.3) is 0 Å². The fourth-order valence-electron chi connectivity index (χ4n) is 11.8. The van der Waals surface area contributed by atoms with Crippen LogP contribution in [0.3, 0.4) is 0 Å². The van der Waals surface area contributed by atoms with E-state index in [0.29, 0.717) is 54.4 Å². The largest absolute Gasteiger partial charge is 0.493 e. The zero-order chi connectivity index (χ0) is 53.8. The first-order chi connectivity index (χ1) is 37.8. The molecule has 1 amide bonds. The first-order valence-electron chi connectivity index (χ1n) is 28.2. The summed E-state index contributed by atoms with van der Waals surface area (Å²) in [6.07, 6.45) is 19.1. The predicted molar refractivity (Wildman–Crippen MR) is 300 cm³/mol. The van der Waals surface area contributed by atoms with E-state index in [4.69, 9.17) is 33.7 Å². The molecule has 2 N–H and O–H groups in total. The maximum atomic E-state index is 15.5. The number of carbonyl (C=O) groups is 1. The van der Waals surface area contributed by atoms with Gasteiger partial charge in [0.25, 0.3) is 5.69 Å². The molecule has 8 rings (SSSR count). The molecule has 1 saturated carbocycles. The number of allylic oxidation sites excluding steroid dienone is 1. The number of nitro groups is 1. The van der Waals surface area contributed by atoms with E-state index in [2.05, 4.69) is 37.8 Å². The lowest BCUT2D eigenvalue weighted by atomic mass is 9.55. The van der Waals surface area contributed by atoms with Crippen LogP contribution in [0.5, 0.6) is 23.0 Å². The van der Waals surface area contributed by atoms with Gasteiger partial charge in [0.1, 0.15) is 24.1 Å². The standard InChI is InChI=1S/C62H79N3O11S/c1-3-5-6-7-8-9-10-11-15-24-59(68)64(42-46-27-31-56-57(38-46)73-44-72-56)58-41-54(63-75-43-45-25-28-48(29-26-45)65(69)70)52-39-47(20-16-18-33-66)51(23-17-19-34-67)60-53-40-49(71-36-37-77-50-21-13-12-14-22-50)30-32-55(53)76-62(58,61(52)60)74-35-4-2/h4,12-14,21-22,25-32,38-40,47,51,58,60-61,66-67H,2-3,5-11,15-20,23-24,33-37,41-44H2,1H3. The number of hydrogen-bond acceptors (Lipinski definition) is 13. The third kappa shape index (κ3) is 14.8. The molecule has 14 nitrogen and oxygen atoms in total. The van der Waals surface area contributed by atoms with Crippen molar-refractivity contribution in [1.29, 1.82) is 0 Å². The van der Waals surface area contributed by atoms with E-state index in [-0.39, 0.29) is 75.5 Å². The lowest BCUT2D eigenvalue weighted by Gasteiger charge is -2.60. The topological polar surface area (TPSA) is 172 Å². The number of aliphatic hydroxyl groups excluding tert-OH is 2. The molecular formula is C62H79N3O11S. The van der Waals surface area contributed by atoms with Gasteiger partial charge in [-0.25, -0.2) is 0 Å². The monoisotopic (exact) mass is 1070 g/mol. The Labute approximate surface area is 459 Å². The van der Waals surface area contributed by atoms with Crippen LogP contribution in [0.4, 0.5) is 5.69 Å². The van der Waals surface area contributed by atoms with E-state index in [1.165, 1.54) is 49.1 Å². The average molecular weight is 1070 g/mol. The quantitative estimate of drug-likeness (QED) is 0.0152. The zero-order valence-corrected chi connectivity index (χ0v) is 45.7. The van der Waals surface area contributed by atoms with E-state index >= 15 is 4.79 Å².